The lowest BCUT2D eigenvalue weighted by atomic mass is 10.1. The van der Waals surface area contributed by atoms with Crippen molar-refractivity contribution in [1.29, 1.82) is 5.26 Å². The van der Waals surface area contributed by atoms with E-state index in [0.29, 0.717) is 22.0 Å². The Balaban J connectivity index is 1.43. The molecule has 1 N–H and O–H groups in total. The van der Waals surface area contributed by atoms with Crippen LogP contribution >= 0.6 is 22.9 Å². The van der Waals surface area contributed by atoms with Gasteiger partial charge in [0.25, 0.3) is 5.91 Å². The molecule has 0 radical (unpaired) electrons. The van der Waals surface area contributed by atoms with Gasteiger partial charge in [0, 0.05) is 16.1 Å². The second-order valence-electron chi connectivity index (χ2n) is 6.96. The van der Waals surface area contributed by atoms with Crippen LogP contribution in [-0.2, 0) is 16.0 Å². The second-order valence-corrected chi connectivity index (χ2v) is 8.43. The number of aryl methyl sites for hydroxylation is 1. The normalized spacial score (nSPS) is 10.7. The Morgan fingerprint density at radius 2 is 2.00 bits per heavy atom. The lowest BCUT2D eigenvalue weighted by Gasteiger charge is -2.06. The Morgan fingerprint density at radius 1 is 1.22 bits per heavy atom. The van der Waals surface area contributed by atoms with E-state index in [2.05, 4.69) is 16.5 Å². The number of amides is 1. The standard InChI is InChI=1S/C23H17ClN4O3S/c1-14-19-12-20(32-22(19)28(27-14)18-4-2-3-16(24)11-18)23(30)31-13-21(29)26-17-7-5-15(6-8-17)9-10-25/h2-8,11-12H,9,13H2,1H3,(H,26,29). The van der Waals surface area contributed by atoms with Crippen molar-refractivity contribution in [3.8, 4) is 11.8 Å². The van der Waals surface area contributed by atoms with E-state index in [4.69, 9.17) is 21.6 Å². The van der Waals surface area contributed by atoms with Crippen molar-refractivity contribution < 1.29 is 14.3 Å². The summed E-state index contributed by atoms with van der Waals surface area (Å²) in [6.45, 7) is 1.45. The monoisotopic (exact) mass is 464 g/mol. The molecule has 2 heterocycles. The van der Waals surface area contributed by atoms with Gasteiger partial charge in [-0.05, 0) is 48.9 Å². The van der Waals surface area contributed by atoms with Crippen molar-refractivity contribution in [3.63, 3.8) is 0 Å². The van der Waals surface area contributed by atoms with Crippen LogP contribution in [0.4, 0.5) is 5.69 Å². The van der Waals surface area contributed by atoms with Gasteiger partial charge in [0.15, 0.2) is 6.61 Å². The summed E-state index contributed by atoms with van der Waals surface area (Å²) in [5.74, 6) is -1.03. The zero-order chi connectivity index (χ0) is 22.7. The van der Waals surface area contributed by atoms with Gasteiger partial charge in [-0.15, -0.1) is 11.3 Å². The van der Waals surface area contributed by atoms with E-state index in [0.717, 1.165) is 27.2 Å². The molecule has 2 aromatic carbocycles. The number of aromatic nitrogens is 2. The molecule has 1 amide bonds. The highest BCUT2D eigenvalue weighted by Crippen LogP contribution is 2.31. The number of rotatable bonds is 6. The number of benzene rings is 2. The zero-order valence-corrected chi connectivity index (χ0v) is 18.5. The van der Waals surface area contributed by atoms with Crippen molar-refractivity contribution in [2.75, 3.05) is 11.9 Å². The Morgan fingerprint density at radius 3 is 2.72 bits per heavy atom. The number of carbonyl (C=O) groups is 2. The summed E-state index contributed by atoms with van der Waals surface area (Å²) >= 11 is 7.34. The maximum absolute atomic E-state index is 12.5. The highest BCUT2D eigenvalue weighted by molar-refractivity contribution is 7.20. The fraction of sp³-hybridized carbons (Fsp3) is 0.130. The summed E-state index contributed by atoms with van der Waals surface area (Å²) in [7, 11) is 0. The molecule has 0 aliphatic heterocycles. The van der Waals surface area contributed by atoms with E-state index < -0.39 is 18.5 Å². The molecule has 0 saturated carbocycles. The quantitative estimate of drug-likeness (QED) is 0.409. The van der Waals surface area contributed by atoms with Crippen LogP contribution in [0.3, 0.4) is 0 Å². The molecule has 32 heavy (non-hydrogen) atoms. The first-order valence-electron chi connectivity index (χ1n) is 9.62. The van der Waals surface area contributed by atoms with E-state index in [1.54, 1.807) is 47.1 Å². The average Bonchev–Trinajstić information content (AvgIpc) is 3.34. The van der Waals surface area contributed by atoms with E-state index in [9.17, 15) is 9.59 Å². The predicted octanol–water partition coefficient (Wildman–Crippen LogP) is 4.91. The topological polar surface area (TPSA) is 97.0 Å². The number of nitrogens with one attached hydrogen (secondary N) is 1. The fourth-order valence-corrected chi connectivity index (χ4v) is 4.39. The van der Waals surface area contributed by atoms with Crippen LogP contribution in [0, 0.1) is 18.3 Å². The minimum atomic E-state index is -0.581. The molecule has 0 unspecified atom stereocenters. The summed E-state index contributed by atoms with van der Waals surface area (Å²) < 4.78 is 6.93. The molecule has 0 fully saturated rings. The van der Waals surface area contributed by atoms with E-state index >= 15 is 0 Å². The van der Waals surface area contributed by atoms with Gasteiger partial charge in [-0.1, -0.05) is 29.8 Å². The smallest absolute Gasteiger partial charge is 0.348 e. The molecule has 0 aliphatic carbocycles. The van der Waals surface area contributed by atoms with Gasteiger partial charge in [0.2, 0.25) is 0 Å². The van der Waals surface area contributed by atoms with E-state index in [-0.39, 0.29) is 0 Å². The lowest BCUT2D eigenvalue weighted by molar-refractivity contribution is -0.119. The number of ether oxygens (including phenoxy) is 1. The first kappa shape index (κ1) is 21.6. The summed E-state index contributed by atoms with van der Waals surface area (Å²) in [6, 6.07) is 18.0. The first-order chi connectivity index (χ1) is 15.4. The number of hydrogen-bond donors (Lipinski definition) is 1. The maximum Gasteiger partial charge on any atom is 0.348 e. The number of anilines is 1. The molecule has 2 aromatic heterocycles. The van der Waals surface area contributed by atoms with Gasteiger partial charge in [-0.2, -0.15) is 10.4 Å². The first-order valence-corrected chi connectivity index (χ1v) is 10.8. The van der Waals surface area contributed by atoms with Crippen LogP contribution in [-0.4, -0.2) is 28.3 Å². The second kappa shape index (κ2) is 9.22. The molecule has 160 valence electrons. The minimum absolute atomic E-state index is 0.301. The molecule has 0 aliphatic rings. The number of nitriles is 1. The largest absolute Gasteiger partial charge is 0.451 e. The number of nitrogens with zero attached hydrogens (tertiary/aromatic N) is 3. The van der Waals surface area contributed by atoms with Crippen molar-refractivity contribution >= 4 is 50.7 Å². The fourth-order valence-electron chi connectivity index (χ4n) is 3.13. The highest BCUT2D eigenvalue weighted by Gasteiger charge is 2.19. The van der Waals surface area contributed by atoms with Crippen LogP contribution in [0.1, 0.15) is 20.9 Å². The molecule has 7 nitrogen and oxygen atoms in total. The van der Waals surface area contributed by atoms with Crippen LogP contribution in [0.15, 0.2) is 54.6 Å². The van der Waals surface area contributed by atoms with E-state index in [1.807, 2.05) is 19.1 Å². The van der Waals surface area contributed by atoms with Gasteiger partial charge in [-0.25, -0.2) is 9.48 Å². The van der Waals surface area contributed by atoms with Crippen LogP contribution < -0.4 is 5.32 Å². The Labute approximate surface area is 192 Å². The van der Waals surface area contributed by atoms with Crippen molar-refractivity contribution in [1.82, 2.24) is 9.78 Å². The van der Waals surface area contributed by atoms with E-state index in [1.165, 1.54) is 11.3 Å². The zero-order valence-electron chi connectivity index (χ0n) is 17.0. The Hall–Kier alpha value is -3.67. The third kappa shape index (κ3) is 4.64. The third-order valence-electron chi connectivity index (χ3n) is 4.65. The predicted molar refractivity (Wildman–Crippen MR) is 123 cm³/mol. The summed E-state index contributed by atoms with van der Waals surface area (Å²) in [4.78, 5) is 25.8. The third-order valence-corrected chi connectivity index (χ3v) is 5.98. The maximum atomic E-state index is 12.5. The molecule has 4 rings (SSSR count). The Bertz CT molecular complexity index is 1350. The van der Waals surface area contributed by atoms with Gasteiger partial charge in [0.1, 0.15) is 9.71 Å². The Kier molecular flexibility index (Phi) is 6.21. The van der Waals surface area contributed by atoms with Gasteiger partial charge in [-0.3, -0.25) is 4.79 Å². The van der Waals surface area contributed by atoms with Gasteiger partial charge in [0.05, 0.1) is 23.9 Å². The molecular weight excluding hydrogens is 448 g/mol. The minimum Gasteiger partial charge on any atom is -0.451 e. The summed E-state index contributed by atoms with van der Waals surface area (Å²) in [5, 5.41) is 17.3. The van der Waals surface area contributed by atoms with Crippen molar-refractivity contribution in [2.45, 2.75) is 13.3 Å². The summed E-state index contributed by atoms with van der Waals surface area (Å²) in [5.41, 5.74) is 2.98. The van der Waals surface area contributed by atoms with Gasteiger partial charge < -0.3 is 10.1 Å². The van der Waals surface area contributed by atoms with Gasteiger partial charge >= 0.3 is 5.97 Å². The number of halogens is 1. The van der Waals surface area contributed by atoms with Crippen molar-refractivity contribution in [3.05, 3.63) is 75.8 Å². The van der Waals surface area contributed by atoms with Crippen LogP contribution in [0.25, 0.3) is 15.9 Å². The molecular formula is C23H17ClN4O3S. The van der Waals surface area contributed by atoms with Crippen molar-refractivity contribution in [2.24, 2.45) is 0 Å². The number of hydrogen-bond acceptors (Lipinski definition) is 6. The lowest BCUT2D eigenvalue weighted by Crippen LogP contribution is -2.20. The molecule has 0 atom stereocenters. The average molecular weight is 465 g/mol. The summed E-state index contributed by atoms with van der Waals surface area (Å²) in [6.07, 6.45) is 0.301. The number of fused-ring (bicyclic) bond motifs is 1. The molecule has 4 aromatic rings. The molecule has 9 heteroatoms. The number of carbonyl (C=O) groups excluding carboxylic acids is 2. The molecule has 0 saturated heterocycles. The number of esters is 1. The highest BCUT2D eigenvalue weighted by atomic mass is 35.5. The SMILES string of the molecule is Cc1nn(-c2cccc(Cl)c2)c2sc(C(=O)OCC(=O)Nc3ccc(CC#N)cc3)cc12. The van der Waals surface area contributed by atoms with Crippen LogP contribution in [0.2, 0.25) is 5.02 Å². The number of thiophene rings is 1. The molecule has 0 bridgehead atoms. The molecule has 0 spiro atoms. The van der Waals surface area contributed by atoms with Crippen LogP contribution in [0.5, 0.6) is 0 Å².